The molecule has 3 saturated heterocycles. The molecule has 1 spiro atoms. The summed E-state index contributed by atoms with van der Waals surface area (Å²) >= 11 is 0. The quantitative estimate of drug-likeness (QED) is 0.176. The average molecular weight is 686 g/mol. The number of aliphatic hydroxyl groups is 1. The Morgan fingerprint density at radius 3 is 2.34 bits per heavy atom. The number of aliphatic hydroxyl groups excluding tert-OH is 1. The molecule has 0 aliphatic carbocycles. The van der Waals surface area contributed by atoms with Gasteiger partial charge in [-0.25, -0.2) is 0 Å². The highest BCUT2D eigenvalue weighted by molar-refractivity contribution is 5.98. The van der Waals surface area contributed by atoms with Gasteiger partial charge in [0.25, 0.3) is 0 Å². The first-order chi connectivity index (χ1) is 24.1. The maximum Gasteiger partial charge on any atom is 0.313 e. The number of fused-ring (bicyclic) bond motifs is 1. The van der Waals surface area contributed by atoms with Crippen molar-refractivity contribution in [1.29, 1.82) is 0 Å². The van der Waals surface area contributed by atoms with E-state index in [1.807, 2.05) is 67.6 Å². The van der Waals surface area contributed by atoms with Gasteiger partial charge in [0.05, 0.1) is 36.6 Å². The Bertz CT molecular complexity index is 1530. The van der Waals surface area contributed by atoms with Crippen molar-refractivity contribution < 1.29 is 33.8 Å². The van der Waals surface area contributed by atoms with Gasteiger partial charge in [-0.2, -0.15) is 0 Å². The van der Waals surface area contributed by atoms with E-state index < -0.39 is 66.3 Å². The van der Waals surface area contributed by atoms with Crippen LogP contribution in [0.3, 0.4) is 0 Å². The van der Waals surface area contributed by atoms with E-state index in [2.05, 4.69) is 25.4 Å². The molecule has 268 valence electrons. The largest absolute Gasteiger partial charge is 0.455 e. The lowest BCUT2D eigenvalue weighted by atomic mass is 9.70. The van der Waals surface area contributed by atoms with Crippen LogP contribution in [0.15, 0.2) is 86.0 Å². The summed E-state index contributed by atoms with van der Waals surface area (Å²) in [4.78, 5) is 60.1. The third-order valence-electron chi connectivity index (χ3n) is 10.6. The van der Waals surface area contributed by atoms with Crippen molar-refractivity contribution in [3.05, 3.63) is 97.1 Å². The molecule has 9 atom stereocenters. The lowest BCUT2D eigenvalue weighted by molar-refractivity contribution is -0.162. The predicted octanol–water partition coefficient (Wildman–Crippen LogP) is 5.05. The number of carbonyl (C=O) groups is 4. The molecule has 0 aromatic heterocycles. The van der Waals surface area contributed by atoms with E-state index >= 15 is 0 Å². The summed E-state index contributed by atoms with van der Waals surface area (Å²) in [6, 6.07) is 15.7. The minimum Gasteiger partial charge on any atom is -0.455 e. The number of amides is 3. The van der Waals surface area contributed by atoms with Crippen molar-refractivity contribution in [1.82, 2.24) is 15.1 Å². The van der Waals surface area contributed by atoms with Crippen LogP contribution >= 0.6 is 0 Å². The van der Waals surface area contributed by atoms with Gasteiger partial charge < -0.3 is 29.7 Å². The van der Waals surface area contributed by atoms with Gasteiger partial charge in [0.15, 0.2) is 0 Å². The highest BCUT2D eigenvalue weighted by atomic mass is 16.6. The van der Waals surface area contributed by atoms with Gasteiger partial charge in [-0.05, 0) is 50.7 Å². The van der Waals surface area contributed by atoms with E-state index in [9.17, 15) is 24.3 Å². The Morgan fingerprint density at radius 1 is 1.08 bits per heavy atom. The smallest absolute Gasteiger partial charge is 0.313 e. The molecule has 0 saturated carbocycles. The number of benzene rings is 2. The Hall–Kier alpha value is -4.28. The highest BCUT2D eigenvalue weighted by Crippen LogP contribution is 2.60. The van der Waals surface area contributed by atoms with Crippen LogP contribution in [0.25, 0.3) is 0 Å². The Balaban J connectivity index is 1.53. The maximum absolute atomic E-state index is 14.9. The van der Waals surface area contributed by atoms with Gasteiger partial charge in [-0.1, -0.05) is 86.2 Å². The second-order valence-electron chi connectivity index (χ2n) is 13.8. The fourth-order valence-electron chi connectivity index (χ4n) is 8.30. The zero-order valence-electron chi connectivity index (χ0n) is 29.4. The molecular weight excluding hydrogens is 634 g/mol. The molecular formula is C40H51N3O7. The molecule has 2 N–H and O–H groups in total. The summed E-state index contributed by atoms with van der Waals surface area (Å²) in [6.45, 7) is 13.2. The SMILES string of the molecule is C=CCCC(=O)N[C@@H](C)[C@H](OC(=O)[C@@H]1[C@@H]2CC[C@]3(O2)[C@H](C(=O)N(CC=C)C(C)CCC)N([C@H](CO)c2ccccc2)C(=O)[C@@H]13)c1ccccc1. The van der Waals surface area contributed by atoms with Crippen LogP contribution in [-0.2, 0) is 28.7 Å². The van der Waals surface area contributed by atoms with Crippen LogP contribution in [0.4, 0.5) is 0 Å². The number of ether oxygens (including phenoxy) is 2. The molecule has 5 rings (SSSR count). The molecule has 3 amide bonds. The van der Waals surface area contributed by atoms with E-state index in [0.29, 0.717) is 30.4 Å². The van der Waals surface area contributed by atoms with Crippen LogP contribution < -0.4 is 5.32 Å². The van der Waals surface area contributed by atoms with Gasteiger partial charge in [0.1, 0.15) is 17.7 Å². The number of likely N-dealkylation sites (tertiary alicyclic amines) is 1. The van der Waals surface area contributed by atoms with Crippen molar-refractivity contribution >= 4 is 23.7 Å². The summed E-state index contributed by atoms with van der Waals surface area (Å²) < 4.78 is 13.0. The summed E-state index contributed by atoms with van der Waals surface area (Å²) in [5.74, 6) is -3.50. The van der Waals surface area contributed by atoms with Crippen LogP contribution in [0.5, 0.6) is 0 Å². The van der Waals surface area contributed by atoms with E-state index in [0.717, 1.165) is 12.8 Å². The molecule has 0 radical (unpaired) electrons. The lowest BCUT2D eigenvalue weighted by Crippen LogP contribution is -2.58. The number of esters is 1. The van der Waals surface area contributed by atoms with Gasteiger partial charge in [-0.15, -0.1) is 13.2 Å². The maximum atomic E-state index is 14.9. The third kappa shape index (κ3) is 7.01. The van der Waals surface area contributed by atoms with Gasteiger partial charge in [0, 0.05) is 19.0 Å². The van der Waals surface area contributed by atoms with Gasteiger partial charge in [0.2, 0.25) is 17.7 Å². The Kier molecular flexibility index (Phi) is 12.0. The fraction of sp³-hybridized carbons (Fsp3) is 0.500. The molecule has 50 heavy (non-hydrogen) atoms. The first-order valence-electron chi connectivity index (χ1n) is 17.9. The zero-order chi connectivity index (χ0) is 36.0. The number of allylic oxidation sites excluding steroid dienone is 1. The summed E-state index contributed by atoms with van der Waals surface area (Å²) in [7, 11) is 0. The number of hydrogen-bond acceptors (Lipinski definition) is 7. The summed E-state index contributed by atoms with van der Waals surface area (Å²) in [5.41, 5.74) is 0.0780. The number of rotatable bonds is 17. The van der Waals surface area contributed by atoms with Crippen molar-refractivity contribution in [3.63, 3.8) is 0 Å². The van der Waals surface area contributed by atoms with Gasteiger partial charge >= 0.3 is 5.97 Å². The fourth-order valence-corrected chi connectivity index (χ4v) is 8.30. The van der Waals surface area contributed by atoms with E-state index in [-0.39, 0.29) is 30.8 Å². The highest BCUT2D eigenvalue weighted by Gasteiger charge is 2.76. The summed E-state index contributed by atoms with van der Waals surface area (Å²) in [5, 5.41) is 13.8. The molecule has 2 aromatic carbocycles. The van der Waals surface area contributed by atoms with Crippen LogP contribution in [0.1, 0.15) is 82.6 Å². The van der Waals surface area contributed by atoms with Crippen molar-refractivity contribution in [2.24, 2.45) is 11.8 Å². The molecule has 3 aliphatic rings. The van der Waals surface area contributed by atoms with Crippen LogP contribution in [0, 0.1) is 11.8 Å². The van der Waals surface area contributed by atoms with Crippen LogP contribution in [-0.4, -0.2) is 81.6 Å². The Morgan fingerprint density at radius 2 is 1.74 bits per heavy atom. The predicted molar refractivity (Wildman–Crippen MR) is 189 cm³/mol. The van der Waals surface area contributed by atoms with E-state index in [1.165, 1.54) is 4.90 Å². The topological polar surface area (TPSA) is 125 Å². The standard InChI is InChI=1S/C40H51N3O7/c1-6-9-21-32(45)41-27(5)35(29-19-14-11-15-20-29)49-39(48)33-31-22-23-40(50-31)34(33)37(46)43(30(25-44)28-17-12-10-13-18-28)36(40)38(47)42(24-8-3)26(4)16-7-2/h6,8,10-15,17-20,26-27,30-31,33-36,44H,1,3,7,9,16,21-25H2,2,4-5H3,(H,41,45)/t26?,27-,30+,31-,33+,34+,35-,36-,40+/m0/s1. The first kappa shape index (κ1) is 37.0. The summed E-state index contributed by atoms with van der Waals surface area (Å²) in [6.07, 6.45) is 5.10. The molecule has 3 heterocycles. The molecule has 10 nitrogen and oxygen atoms in total. The zero-order valence-corrected chi connectivity index (χ0v) is 29.4. The molecule has 2 aromatic rings. The molecule has 10 heteroatoms. The van der Waals surface area contributed by atoms with Gasteiger partial charge in [-0.3, -0.25) is 19.2 Å². The number of carbonyl (C=O) groups excluding carboxylic acids is 4. The minimum absolute atomic E-state index is 0.142. The lowest BCUT2D eigenvalue weighted by Gasteiger charge is -2.41. The first-order valence-corrected chi connectivity index (χ1v) is 17.9. The van der Waals surface area contributed by atoms with Crippen molar-refractivity contribution in [3.8, 4) is 0 Å². The normalized spacial score (nSPS) is 26.0. The van der Waals surface area contributed by atoms with Crippen molar-refractivity contribution in [2.45, 2.75) is 101 Å². The minimum atomic E-state index is -1.29. The number of hydrogen-bond donors (Lipinski definition) is 2. The number of nitrogens with zero attached hydrogens (tertiary/aromatic N) is 2. The second-order valence-corrected chi connectivity index (χ2v) is 13.8. The average Bonchev–Trinajstić information content (AvgIpc) is 3.77. The molecule has 3 aliphatic heterocycles. The van der Waals surface area contributed by atoms with E-state index in [1.54, 1.807) is 24.0 Å². The number of nitrogens with one attached hydrogen (secondary N) is 1. The molecule has 3 fully saturated rings. The Labute approximate surface area is 295 Å². The van der Waals surface area contributed by atoms with Crippen molar-refractivity contribution in [2.75, 3.05) is 13.2 Å². The molecule has 2 bridgehead atoms. The monoisotopic (exact) mass is 685 g/mol. The third-order valence-corrected chi connectivity index (χ3v) is 10.6. The van der Waals surface area contributed by atoms with Crippen LogP contribution in [0.2, 0.25) is 0 Å². The second kappa shape index (κ2) is 16.2. The molecule has 1 unspecified atom stereocenters. The van der Waals surface area contributed by atoms with E-state index in [4.69, 9.17) is 9.47 Å².